The monoisotopic (exact) mass is 307 g/mol. The summed E-state index contributed by atoms with van der Waals surface area (Å²) in [7, 11) is -3.94. The van der Waals surface area contributed by atoms with Gasteiger partial charge in [-0.25, -0.2) is 8.42 Å². The number of hydrogen-bond acceptors (Lipinski definition) is 4. The molecule has 9 heteroatoms. The Labute approximate surface area is 114 Å². The molecule has 0 unspecified atom stereocenters. The molecule has 1 aromatic carbocycles. The molecule has 1 rings (SSSR count). The van der Waals surface area contributed by atoms with Gasteiger partial charge in [0.25, 0.3) is 0 Å². The van der Waals surface area contributed by atoms with Gasteiger partial charge in [-0.3, -0.25) is 4.72 Å². The van der Waals surface area contributed by atoms with E-state index in [1.54, 1.807) is 6.07 Å². The zero-order valence-electron chi connectivity index (χ0n) is 10.2. The molecule has 0 aromatic heterocycles. The lowest BCUT2D eigenvalue weighted by molar-refractivity contribution is -0.134. The zero-order chi connectivity index (χ0) is 15.4. The van der Waals surface area contributed by atoms with Gasteiger partial charge in [-0.1, -0.05) is 0 Å². The van der Waals surface area contributed by atoms with Crippen molar-refractivity contribution in [2.45, 2.75) is 19.0 Å². The van der Waals surface area contributed by atoms with Crippen LogP contribution < -0.4 is 10.5 Å². The van der Waals surface area contributed by atoms with Crippen LogP contribution in [0, 0.1) is 11.3 Å². The third kappa shape index (κ3) is 5.36. The summed E-state index contributed by atoms with van der Waals surface area (Å²) < 4.78 is 61.2. The largest absolute Gasteiger partial charge is 0.399 e. The van der Waals surface area contributed by atoms with Gasteiger partial charge in [0, 0.05) is 12.1 Å². The molecule has 110 valence electrons. The number of hydrogen-bond donors (Lipinski definition) is 2. The molecule has 0 saturated carbocycles. The molecule has 0 atom stereocenters. The number of nitrogen functional groups attached to an aromatic ring is 1. The Morgan fingerprint density at radius 1 is 1.35 bits per heavy atom. The number of alkyl halides is 3. The highest BCUT2D eigenvalue weighted by atomic mass is 32.2. The molecule has 0 heterocycles. The Balaban J connectivity index is 2.75. The molecule has 0 saturated heterocycles. The van der Waals surface area contributed by atoms with Gasteiger partial charge in [0.15, 0.2) is 0 Å². The first-order valence-corrected chi connectivity index (χ1v) is 7.15. The third-order valence-electron chi connectivity index (χ3n) is 2.30. The maximum atomic E-state index is 11.9. The summed E-state index contributed by atoms with van der Waals surface area (Å²) in [6.45, 7) is 0. The van der Waals surface area contributed by atoms with Gasteiger partial charge in [0.05, 0.1) is 17.0 Å². The number of halogens is 3. The van der Waals surface area contributed by atoms with Crippen molar-refractivity contribution in [3.8, 4) is 6.07 Å². The summed E-state index contributed by atoms with van der Waals surface area (Å²) in [4.78, 5) is 0. The lowest BCUT2D eigenvalue weighted by Gasteiger charge is -2.10. The highest BCUT2D eigenvalue weighted by molar-refractivity contribution is 7.92. The van der Waals surface area contributed by atoms with E-state index in [4.69, 9.17) is 11.0 Å². The molecule has 5 nitrogen and oxygen atoms in total. The van der Waals surface area contributed by atoms with Crippen LogP contribution in [0.25, 0.3) is 0 Å². The van der Waals surface area contributed by atoms with E-state index in [0.717, 1.165) is 0 Å². The smallest absolute Gasteiger partial charge is 0.389 e. The number of nitriles is 1. The maximum absolute atomic E-state index is 11.9. The fourth-order valence-corrected chi connectivity index (χ4v) is 2.56. The molecular formula is C11H12F3N3O2S. The van der Waals surface area contributed by atoms with Gasteiger partial charge in [0.1, 0.15) is 6.07 Å². The van der Waals surface area contributed by atoms with Crippen LogP contribution in [0.2, 0.25) is 0 Å². The Hall–Kier alpha value is -1.95. The van der Waals surface area contributed by atoms with Gasteiger partial charge in [0.2, 0.25) is 10.0 Å². The van der Waals surface area contributed by atoms with Crippen molar-refractivity contribution in [2.75, 3.05) is 16.2 Å². The fourth-order valence-electron chi connectivity index (χ4n) is 1.42. The third-order valence-corrected chi connectivity index (χ3v) is 3.66. The van der Waals surface area contributed by atoms with E-state index >= 15 is 0 Å². The van der Waals surface area contributed by atoms with Crippen molar-refractivity contribution in [1.29, 1.82) is 5.26 Å². The van der Waals surface area contributed by atoms with E-state index in [2.05, 4.69) is 4.72 Å². The van der Waals surface area contributed by atoms with E-state index < -0.39 is 34.8 Å². The number of anilines is 2. The van der Waals surface area contributed by atoms with Crippen LogP contribution in [0.3, 0.4) is 0 Å². The second-order valence-electron chi connectivity index (χ2n) is 4.06. The van der Waals surface area contributed by atoms with Crippen molar-refractivity contribution >= 4 is 21.4 Å². The Bertz CT molecular complexity index is 621. The number of nitrogens with one attached hydrogen (secondary N) is 1. The molecule has 0 aliphatic rings. The summed E-state index contributed by atoms with van der Waals surface area (Å²) >= 11 is 0. The number of benzene rings is 1. The molecule has 0 radical (unpaired) electrons. The second-order valence-corrected chi connectivity index (χ2v) is 5.90. The van der Waals surface area contributed by atoms with E-state index in [1.807, 2.05) is 0 Å². The van der Waals surface area contributed by atoms with E-state index in [-0.39, 0.29) is 16.9 Å². The molecule has 1 aromatic rings. The lowest BCUT2D eigenvalue weighted by Crippen LogP contribution is -2.19. The van der Waals surface area contributed by atoms with Gasteiger partial charge in [-0.05, 0) is 24.6 Å². The van der Waals surface area contributed by atoms with Gasteiger partial charge in [-0.2, -0.15) is 18.4 Å². The fraction of sp³-hybridized carbons (Fsp3) is 0.364. The average molecular weight is 307 g/mol. The molecule has 0 spiro atoms. The van der Waals surface area contributed by atoms with Gasteiger partial charge >= 0.3 is 6.18 Å². The number of rotatable bonds is 5. The topological polar surface area (TPSA) is 96.0 Å². The second kappa shape index (κ2) is 6.00. The molecule has 0 amide bonds. The first kappa shape index (κ1) is 16.1. The van der Waals surface area contributed by atoms with E-state index in [1.165, 1.54) is 18.2 Å². The summed E-state index contributed by atoms with van der Waals surface area (Å²) in [5, 5.41) is 8.83. The molecule has 20 heavy (non-hydrogen) atoms. The minimum atomic E-state index is -4.39. The summed E-state index contributed by atoms with van der Waals surface area (Å²) in [6.07, 6.45) is -6.12. The van der Waals surface area contributed by atoms with Crippen molar-refractivity contribution < 1.29 is 21.6 Å². The quantitative estimate of drug-likeness (QED) is 0.815. The number of sulfonamides is 1. The first-order valence-electron chi connectivity index (χ1n) is 5.50. The maximum Gasteiger partial charge on any atom is 0.389 e. The standard InChI is InChI=1S/C11H12F3N3O2S/c12-11(13,14)4-1-5-20(18,19)17-10-3-2-9(16)6-8(10)7-15/h2-3,6,17H,1,4-5,16H2. The van der Waals surface area contributed by atoms with Crippen molar-refractivity contribution in [3.63, 3.8) is 0 Å². The first-order chi connectivity index (χ1) is 9.13. The summed E-state index contributed by atoms with van der Waals surface area (Å²) in [5.74, 6) is -0.679. The van der Waals surface area contributed by atoms with Crippen molar-refractivity contribution in [3.05, 3.63) is 23.8 Å². The molecule has 0 fully saturated rings. The lowest BCUT2D eigenvalue weighted by atomic mass is 10.2. The number of nitrogens with two attached hydrogens (primary N) is 1. The van der Waals surface area contributed by atoms with Crippen LogP contribution >= 0.6 is 0 Å². The Morgan fingerprint density at radius 2 is 2.00 bits per heavy atom. The van der Waals surface area contributed by atoms with Crippen LogP contribution in [0.1, 0.15) is 18.4 Å². The minimum Gasteiger partial charge on any atom is -0.399 e. The van der Waals surface area contributed by atoms with Crippen molar-refractivity contribution in [2.24, 2.45) is 0 Å². The molecular weight excluding hydrogens is 295 g/mol. The van der Waals surface area contributed by atoms with Crippen LogP contribution in [0.4, 0.5) is 24.5 Å². The number of nitrogens with zero attached hydrogens (tertiary/aromatic N) is 1. The van der Waals surface area contributed by atoms with Crippen LogP contribution in [0.15, 0.2) is 18.2 Å². The Morgan fingerprint density at radius 3 is 2.55 bits per heavy atom. The van der Waals surface area contributed by atoms with Gasteiger partial charge < -0.3 is 5.73 Å². The van der Waals surface area contributed by atoms with Crippen molar-refractivity contribution in [1.82, 2.24) is 0 Å². The van der Waals surface area contributed by atoms with Gasteiger partial charge in [-0.15, -0.1) is 0 Å². The normalized spacial score (nSPS) is 11.9. The molecule has 0 bridgehead atoms. The summed E-state index contributed by atoms with van der Waals surface area (Å²) in [5.41, 5.74) is 5.72. The molecule has 0 aliphatic carbocycles. The highest BCUT2D eigenvalue weighted by Crippen LogP contribution is 2.23. The van der Waals surface area contributed by atoms with E-state index in [9.17, 15) is 21.6 Å². The molecule has 0 aliphatic heterocycles. The van der Waals surface area contributed by atoms with Crippen LogP contribution in [-0.2, 0) is 10.0 Å². The Kier molecular flexibility index (Phi) is 4.83. The zero-order valence-corrected chi connectivity index (χ0v) is 11.1. The average Bonchev–Trinajstić information content (AvgIpc) is 2.29. The summed E-state index contributed by atoms with van der Waals surface area (Å²) in [6, 6.07) is 5.69. The predicted molar refractivity (Wildman–Crippen MR) is 68.3 cm³/mol. The molecule has 3 N–H and O–H groups in total. The highest BCUT2D eigenvalue weighted by Gasteiger charge is 2.27. The predicted octanol–water partition coefficient (Wildman–Crippen LogP) is 2.22. The van der Waals surface area contributed by atoms with E-state index in [0.29, 0.717) is 0 Å². The van der Waals surface area contributed by atoms with Crippen LogP contribution in [-0.4, -0.2) is 20.3 Å². The SMILES string of the molecule is N#Cc1cc(N)ccc1NS(=O)(=O)CCCC(F)(F)F. The minimum absolute atomic E-state index is 0.00407. The van der Waals surface area contributed by atoms with Crippen LogP contribution in [0.5, 0.6) is 0 Å².